The van der Waals surface area contributed by atoms with Crippen molar-refractivity contribution in [2.45, 2.75) is 6.92 Å². The van der Waals surface area contributed by atoms with Gasteiger partial charge in [0, 0.05) is 12.1 Å². The third-order valence-electron chi connectivity index (χ3n) is 1.61. The van der Waals surface area contributed by atoms with Crippen LogP contribution in [-0.4, -0.2) is 19.0 Å². The lowest BCUT2D eigenvalue weighted by molar-refractivity contribution is -0.572. The molecule has 0 aliphatic carbocycles. The van der Waals surface area contributed by atoms with Crippen LogP contribution in [0.2, 0.25) is 0 Å². The summed E-state index contributed by atoms with van der Waals surface area (Å²) in [7, 11) is 1.31. The summed E-state index contributed by atoms with van der Waals surface area (Å²) in [4.78, 5) is 21.8. The third kappa shape index (κ3) is 2.11. The first-order chi connectivity index (χ1) is 6.15. The first kappa shape index (κ1) is 9.38. The van der Waals surface area contributed by atoms with Crippen molar-refractivity contribution in [3.63, 3.8) is 0 Å². The van der Waals surface area contributed by atoms with Gasteiger partial charge in [0.15, 0.2) is 12.4 Å². The van der Waals surface area contributed by atoms with E-state index in [9.17, 15) is 9.59 Å². The van der Waals surface area contributed by atoms with Gasteiger partial charge in [-0.3, -0.25) is 0 Å². The quantitative estimate of drug-likeness (QED) is 0.465. The standard InChI is InChI=1S/C9H10NO3/c1-7(11)10-5-3-8(4-6-10)9(12)13-2/h3-6H,1-2H3/q+1. The number of aromatic nitrogens is 1. The van der Waals surface area contributed by atoms with Gasteiger partial charge < -0.3 is 4.74 Å². The summed E-state index contributed by atoms with van der Waals surface area (Å²) in [5, 5.41) is 0. The Bertz CT molecular complexity index is 329. The highest BCUT2D eigenvalue weighted by Gasteiger charge is 2.10. The average Bonchev–Trinajstić information content (AvgIpc) is 2.17. The van der Waals surface area contributed by atoms with Gasteiger partial charge in [-0.15, -0.1) is 4.57 Å². The van der Waals surface area contributed by atoms with Crippen LogP contribution >= 0.6 is 0 Å². The molecule has 4 heteroatoms. The van der Waals surface area contributed by atoms with E-state index in [0.717, 1.165) is 0 Å². The van der Waals surface area contributed by atoms with Gasteiger partial charge in [-0.25, -0.2) is 9.59 Å². The van der Waals surface area contributed by atoms with Crippen molar-refractivity contribution in [2.75, 3.05) is 7.11 Å². The molecule has 1 heterocycles. The maximum atomic E-state index is 11.0. The van der Waals surface area contributed by atoms with Gasteiger partial charge in [-0.05, 0) is 0 Å². The molecule has 0 saturated heterocycles. The molecule has 0 atom stereocenters. The van der Waals surface area contributed by atoms with Gasteiger partial charge in [-0.1, -0.05) is 0 Å². The second kappa shape index (κ2) is 3.80. The van der Waals surface area contributed by atoms with Gasteiger partial charge in [-0.2, -0.15) is 0 Å². The monoisotopic (exact) mass is 180 g/mol. The Labute approximate surface area is 75.8 Å². The first-order valence-corrected chi connectivity index (χ1v) is 3.75. The highest BCUT2D eigenvalue weighted by Crippen LogP contribution is 1.96. The number of nitrogens with zero attached hydrogens (tertiary/aromatic N) is 1. The van der Waals surface area contributed by atoms with Crippen LogP contribution in [0.4, 0.5) is 0 Å². The lowest BCUT2D eigenvalue weighted by Gasteiger charge is -1.95. The molecule has 1 aromatic heterocycles. The van der Waals surface area contributed by atoms with Gasteiger partial charge >= 0.3 is 11.9 Å². The fraction of sp³-hybridized carbons (Fsp3) is 0.222. The van der Waals surface area contributed by atoms with E-state index in [1.165, 1.54) is 43.1 Å². The molecule has 0 aliphatic rings. The second-order valence-electron chi connectivity index (χ2n) is 2.50. The third-order valence-corrected chi connectivity index (χ3v) is 1.61. The molecule has 0 saturated carbocycles. The van der Waals surface area contributed by atoms with Gasteiger partial charge in [0.05, 0.1) is 19.6 Å². The van der Waals surface area contributed by atoms with Crippen LogP contribution in [0.3, 0.4) is 0 Å². The Kier molecular flexibility index (Phi) is 2.74. The molecule has 1 aromatic rings. The summed E-state index contributed by atoms with van der Waals surface area (Å²) in [6, 6.07) is 3.07. The van der Waals surface area contributed by atoms with Crippen molar-refractivity contribution in [1.29, 1.82) is 0 Å². The Morgan fingerprint density at radius 2 is 1.85 bits per heavy atom. The van der Waals surface area contributed by atoms with E-state index in [0.29, 0.717) is 5.56 Å². The molecule has 0 aliphatic heterocycles. The Morgan fingerprint density at radius 1 is 1.31 bits per heavy atom. The van der Waals surface area contributed by atoms with Crippen molar-refractivity contribution < 1.29 is 18.9 Å². The minimum atomic E-state index is -0.407. The lowest BCUT2D eigenvalue weighted by Crippen LogP contribution is -2.39. The predicted octanol–water partition coefficient (Wildman–Crippen LogP) is 0.421. The molecule has 0 bridgehead atoms. The van der Waals surface area contributed by atoms with E-state index in [1.807, 2.05) is 0 Å². The van der Waals surface area contributed by atoms with Crippen LogP contribution < -0.4 is 4.57 Å². The molecule has 0 spiro atoms. The van der Waals surface area contributed by atoms with Gasteiger partial charge in [0.25, 0.3) is 0 Å². The largest absolute Gasteiger partial charge is 0.465 e. The van der Waals surface area contributed by atoms with E-state index in [-0.39, 0.29) is 5.91 Å². The number of carbonyl (C=O) groups is 2. The molecule has 4 nitrogen and oxygen atoms in total. The smallest absolute Gasteiger partial charge is 0.389 e. The molecular weight excluding hydrogens is 170 g/mol. The van der Waals surface area contributed by atoms with Crippen molar-refractivity contribution in [1.82, 2.24) is 0 Å². The van der Waals surface area contributed by atoms with E-state index >= 15 is 0 Å². The van der Waals surface area contributed by atoms with Crippen LogP contribution in [0.25, 0.3) is 0 Å². The first-order valence-electron chi connectivity index (χ1n) is 3.75. The molecule has 0 aromatic carbocycles. The van der Waals surface area contributed by atoms with E-state index < -0.39 is 5.97 Å². The number of esters is 1. The molecule has 13 heavy (non-hydrogen) atoms. The van der Waals surface area contributed by atoms with Crippen molar-refractivity contribution in [2.24, 2.45) is 0 Å². The van der Waals surface area contributed by atoms with Gasteiger partial charge in [0.2, 0.25) is 0 Å². The fourth-order valence-electron chi connectivity index (χ4n) is 0.890. The zero-order valence-corrected chi connectivity index (χ0v) is 7.48. The number of pyridine rings is 1. The average molecular weight is 180 g/mol. The maximum absolute atomic E-state index is 11.0. The summed E-state index contributed by atoms with van der Waals surface area (Å²) in [6.07, 6.45) is 3.04. The van der Waals surface area contributed by atoms with Crippen molar-refractivity contribution >= 4 is 11.9 Å². The minimum Gasteiger partial charge on any atom is -0.465 e. The van der Waals surface area contributed by atoms with Crippen LogP contribution in [0.1, 0.15) is 22.1 Å². The number of hydrogen-bond donors (Lipinski definition) is 0. The molecule has 1 rings (SSSR count). The Hall–Kier alpha value is -1.71. The zero-order valence-electron chi connectivity index (χ0n) is 7.48. The Morgan fingerprint density at radius 3 is 2.23 bits per heavy atom. The summed E-state index contributed by atoms with van der Waals surface area (Å²) >= 11 is 0. The number of hydrogen-bond acceptors (Lipinski definition) is 3. The van der Waals surface area contributed by atoms with Crippen LogP contribution in [-0.2, 0) is 4.74 Å². The number of ether oxygens (including phenoxy) is 1. The summed E-state index contributed by atoms with van der Waals surface area (Å²) in [5.41, 5.74) is 0.431. The molecule has 0 radical (unpaired) electrons. The molecular formula is C9H10NO3+. The summed E-state index contributed by atoms with van der Waals surface area (Å²) in [5.74, 6) is -0.507. The molecule has 0 N–H and O–H groups in total. The van der Waals surface area contributed by atoms with Crippen LogP contribution in [0.15, 0.2) is 24.5 Å². The summed E-state index contributed by atoms with van der Waals surface area (Å²) < 4.78 is 5.88. The topological polar surface area (TPSA) is 47.2 Å². The predicted molar refractivity (Wildman–Crippen MR) is 44.3 cm³/mol. The Balaban J connectivity index is 2.93. The molecule has 0 fully saturated rings. The number of methoxy groups -OCH3 is 1. The summed E-state index contributed by atoms with van der Waals surface area (Å²) in [6.45, 7) is 1.44. The highest BCUT2D eigenvalue weighted by molar-refractivity contribution is 5.88. The van der Waals surface area contributed by atoms with E-state index in [2.05, 4.69) is 4.74 Å². The van der Waals surface area contributed by atoms with Crippen molar-refractivity contribution in [3.8, 4) is 0 Å². The maximum Gasteiger partial charge on any atom is 0.389 e. The zero-order chi connectivity index (χ0) is 9.84. The van der Waals surface area contributed by atoms with Gasteiger partial charge in [0.1, 0.15) is 0 Å². The van der Waals surface area contributed by atoms with Crippen LogP contribution in [0, 0.1) is 0 Å². The SMILES string of the molecule is COC(=O)c1cc[n+](C(C)=O)cc1. The highest BCUT2D eigenvalue weighted by atomic mass is 16.5. The normalized spacial score (nSPS) is 9.38. The van der Waals surface area contributed by atoms with E-state index in [4.69, 9.17) is 0 Å². The molecule has 0 amide bonds. The minimum absolute atomic E-state index is 0.101. The van der Waals surface area contributed by atoms with E-state index in [1.54, 1.807) is 0 Å². The number of carbonyl (C=O) groups excluding carboxylic acids is 2. The van der Waals surface area contributed by atoms with Crippen LogP contribution in [0.5, 0.6) is 0 Å². The molecule has 68 valence electrons. The molecule has 0 unspecified atom stereocenters. The number of rotatable bonds is 1. The fourth-order valence-corrected chi connectivity index (χ4v) is 0.890. The van der Waals surface area contributed by atoms with Crippen molar-refractivity contribution in [3.05, 3.63) is 30.1 Å². The second-order valence-corrected chi connectivity index (χ2v) is 2.50. The lowest BCUT2D eigenvalue weighted by atomic mass is 10.3.